The fraction of sp³-hybridized carbons (Fsp3) is 0.812. The molecular weight excluding hydrogens is 255 g/mol. The van der Waals surface area contributed by atoms with Crippen molar-refractivity contribution in [2.45, 2.75) is 62.5 Å². The Morgan fingerprint density at radius 2 is 1.75 bits per heavy atom. The third-order valence-corrected chi connectivity index (χ3v) is 6.31. The van der Waals surface area contributed by atoms with E-state index in [1.165, 1.54) is 5.69 Å². The predicted octanol–water partition coefficient (Wildman–Crippen LogP) is 2.96. The van der Waals surface area contributed by atoms with Crippen LogP contribution in [-0.4, -0.2) is 21.5 Å². The third-order valence-electron chi connectivity index (χ3n) is 6.31. The molecule has 2 bridgehead atoms. The Bertz CT molecular complexity index is 522. The number of hydrogen-bond acceptors (Lipinski definition) is 2. The molecule has 5 rings (SSSR count). The van der Waals surface area contributed by atoms with Crippen molar-refractivity contribution in [3.8, 4) is 0 Å². The highest BCUT2D eigenvalue weighted by Gasteiger charge is 2.52. The number of halogens is 1. The molecule has 110 valence electrons. The molecule has 0 atom stereocenters. The Labute approximate surface area is 119 Å². The number of aliphatic hydroxyl groups excluding tert-OH is 1. The van der Waals surface area contributed by atoms with Crippen molar-refractivity contribution in [2.75, 3.05) is 6.61 Å². The molecule has 4 aliphatic carbocycles. The summed E-state index contributed by atoms with van der Waals surface area (Å²) in [7, 11) is 1.96. The molecule has 4 fully saturated rings. The molecule has 0 unspecified atom stereocenters. The standard InChI is InChI=1S/C16H23FN2O/c1-19-13(10-12(18-19)16(17)8-9-16)15-5-2-14(11-20,3-6-15)4-7-15/h10,20H,2-9,11H2,1H3. The van der Waals surface area contributed by atoms with Gasteiger partial charge in [0, 0.05) is 24.8 Å². The summed E-state index contributed by atoms with van der Waals surface area (Å²) in [6, 6.07) is 2.03. The highest BCUT2D eigenvalue weighted by molar-refractivity contribution is 5.29. The summed E-state index contributed by atoms with van der Waals surface area (Å²) in [4.78, 5) is 0. The Morgan fingerprint density at radius 3 is 2.25 bits per heavy atom. The van der Waals surface area contributed by atoms with Gasteiger partial charge in [-0.15, -0.1) is 0 Å². The van der Waals surface area contributed by atoms with Crippen molar-refractivity contribution < 1.29 is 9.50 Å². The number of aliphatic hydroxyl groups is 1. The summed E-state index contributed by atoms with van der Waals surface area (Å²) in [5.74, 6) is 0. The molecule has 20 heavy (non-hydrogen) atoms. The van der Waals surface area contributed by atoms with Crippen LogP contribution >= 0.6 is 0 Å². The summed E-state index contributed by atoms with van der Waals surface area (Å²) >= 11 is 0. The predicted molar refractivity (Wildman–Crippen MR) is 74.1 cm³/mol. The van der Waals surface area contributed by atoms with E-state index in [9.17, 15) is 9.50 Å². The molecule has 1 heterocycles. The van der Waals surface area contributed by atoms with Crippen LogP contribution in [0.25, 0.3) is 0 Å². The molecule has 0 radical (unpaired) electrons. The van der Waals surface area contributed by atoms with Gasteiger partial charge in [-0.3, -0.25) is 4.68 Å². The van der Waals surface area contributed by atoms with E-state index < -0.39 is 5.67 Å². The van der Waals surface area contributed by atoms with Gasteiger partial charge in [-0.05, 0) is 62.8 Å². The van der Waals surface area contributed by atoms with E-state index in [1.807, 2.05) is 17.8 Å². The average molecular weight is 278 g/mol. The van der Waals surface area contributed by atoms with Gasteiger partial charge in [0.25, 0.3) is 0 Å². The molecular formula is C16H23FN2O. The Morgan fingerprint density at radius 1 is 1.15 bits per heavy atom. The summed E-state index contributed by atoms with van der Waals surface area (Å²) < 4.78 is 16.2. The first-order valence-electron chi connectivity index (χ1n) is 7.86. The lowest BCUT2D eigenvalue weighted by atomic mass is 9.53. The van der Waals surface area contributed by atoms with E-state index >= 15 is 0 Å². The number of alkyl halides is 1. The molecule has 4 aliphatic rings. The quantitative estimate of drug-likeness (QED) is 0.923. The lowest BCUT2D eigenvalue weighted by Gasteiger charge is -2.52. The highest BCUT2D eigenvalue weighted by atomic mass is 19.1. The molecule has 4 heteroatoms. The first kappa shape index (κ1) is 12.8. The number of rotatable bonds is 3. The van der Waals surface area contributed by atoms with Crippen LogP contribution in [0.2, 0.25) is 0 Å². The highest BCUT2D eigenvalue weighted by Crippen LogP contribution is 2.58. The number of aryl methyl sites for hydroxylation is 1. The van der Waals surface area contributed by atoms with E-state index in [-0.39, 0.29) is 10.8 Å². The molecule has 0 spiro atoms. The zero-order valence-corrected chi connectivity index (χ0v) is 12.2. The Kier molecular flexibility index (Phi) is 2.46. The molecule has 1 aromatic rings. The summed E-state index contributed by atoms with van der Waals surface area (Å²) in [6.07, 6.45) is 7.91. The minimum absolute atomic E-state index is 0.182. The van der Waals surface area contributed by atoms with Crippen LogP contribution in [0.5, 0.6) is 0 Å². The van der Waals surface area contributed by atoms with Gasteiger partial charge < -0.3 is 5.11 Å². The van der Waals surface area contributed by atoms with E-state index in [0.29, 0.717) is 25.1 Å². The molecule has 0 aliphatic heterocycles. The van der Waals surface area contributed by atoms with Crippen molar-refractivity contribution in [1.82, 2.24) is 9.78 Å². The van der Waals surface area contributed by atoms with Gasteiger partial charge in [-0.25, -0.2) is 4.39 Å². The molecule has 1 N–H and O–H groups in total. The normalized spacial score (nSPS) is 38.1. The largest absolute Gasteiger partial charge is 0.396 e. The number of hydrogen-bond donors (Lipinski definition) is 1. The first-order chi connectivity index (χ1) is 9.51. The van der Waals surface area contributed by atoms with Crippen LogP contribution in [0.3, 0.4) is 0 Å². The van der Waals surface area contributed by atoms with Crippen molar-refractivity contribution in [3.05, 3.63) is 17.5 Å². The zero-order chi connectivity index (χ0) is 14.0. The van der Waals surface area contributed by atoms with Crippen molar-refractivity contribution >= 4 is 0 Å². The number of fused-ring (bicyclic) bond motifs is 3. The maximum absolute atomic E-state index is 14.2. The van der Waals surface area contributed by atoms with E-state index in [1.54, 1.807) is 0 Å². The van der Waals surface area contributed by atoms with Gasteiger partial charge in [0.1, 0.15) is 0 Å². The second kappa shape index (κ2) is 3.85. The fourth-order valence-electron chi connectivity index (χ4n) is 4.43. The second-order valence-corrected chi connectivity index (χ2v) is 7.44. The first-order valence-corrected chi connectivity index (χ1v) is 7.86. The molecule has 3 nitrogen and oxygen atoms in total. The maximum atomic E-state index is 14.2. The summed E-state index contributed by atoms with van der Waals surface area (Å²) in [5.41, 5.74) is 1.10. The van der Waals surface area contributed by atoms with Crippen LogP contribution in [0.4, 0.5) is 4.39 Å². The number of nitrogens with zero attached hydrogens (tertiary/aromatic N) is 2. The van der Waals surface area contributed by atoms with Crippen LogP contribution in [0, 0.1) is 5.41 Å². The van der Waals surface area contributed by atoms with Crippen molar-refractivity contribution in [2.24, 2.45) is 12.5 Å². The Balaban J connectivity index is 1.67. The van der Waals surface area contributed by atoms with Gasteiger partial charge in [-0.2, -0.15) is 5.10 Å². The molecule has 4 saturated carbocycles. The maximum Gasteiger partial charge on any atom is 0.154 e. The fourth-order valence-corrected chi connectivity index (χ4v) is 4.43. The van der Waals surface area contributed by atoms with E-state index in [2.05, 4.69) is 5.10 Å². The molecule has 0 aromatic carbocycles. The van der Waals surface area contributed by atoms with Crippen molar-refractivity contribution in [3.63, 3.8) is 0 Å². The van der Waals surface area contributed by atoms with E-state index in [4.69, 9.17) is 0 Å². The summed E-state index contributed by atoms with van der Waals surface area (Å²) in [6.45, 7) is 0.327. The Hall–Kier alpha value is -0.900. The molecule has 0 saturated heterocycles. The van der Waals surface area contributed by atoms with Gasteiger partial charge in [0.2, 0.25) is 0 Å². The van der Waals surface area contributed by atoms with Gasteiger partial charge in [0.15, 0.2) is 5.67 Å². The molecule has 1 aromatic heterocycles. The van der Waals surface area contributed by atoms with Gasteiger partial charge >= 0.3 is 0 Å². The van der Waals surface area contributed by atoms with E-state index in [0.717, 1.165) is 38.5 Å². The average Bonchev–Trinajstić information content (AvgIpc) is 3.10. The monoisotopic (exact) mass is 278 g/mol. The van der Waals surface area contributed by atoms with Crippen LogP contribution in [-0.2, 0) is 18.1 Å². The second-order valence-electron chi connectivity index (χ2n) is 7.44. The molecule has 0 amide bonds. The third kappa shape index (κ3) is 1.63. The van der Waals surface area contributed by atoms with Gasteiger partial charge in [-0.1, -0.05) is 0 Å². The smallest absolute Gasteiger partial charge is 0.154 e. The lowest BCUT2D eigenvalue weighted by molar-refractivity contribution is -0.00945. The van der Waals surface area contributed by atoms with Crippen molar-refractivity contribution in [1.29, 1.82) is 0 Å². The zero-order valence-electron chi connectivity index (χ0n) is 12.2. The minimum Gasteiger partial charge on any atom is -0.396 e. The number of aromatic nitrogens is 2. The SMILES string of the molecule is Cn1nc(C2(F)CC2)cc1C12CCC(CO)(CC1)CC2. The summed E-state index contributed by atoms with van der Waals surface area (Å²) in [5, 5.41) is 14.1. The minimum atomic E-state index is -1.13. The van der Waals surface area contributed by atoms with Crippen LogP contribution < -0.4 is 0 Å². The lowest BCUT2D eigenvalue weighted by Crippen LogP contribution is -2.46. The van der Waals surface area contributed by atoms with Crippen LogP contribution in [0.1, 0.15) is 62.8 Å². The van der Waals surface area contributed by atoms with Gasteiger partial charge in [0.05, 0.1) is 5.69 Å². The topological polar surface area (TPSA) is 38.0 Å². The van der Waals surface area contributed by atoms with Crippen LogP contribution in [0.15, 0.2) is 6.07 Å².